The molecule has 1 aromatic carbocycles. The van der Waals surface area contributed by atoms with Crippen LogP contribution in [0.2, 0.25) is 0 Å². The normalized spacial score (nSPS) is 22.0. The maximum atomic E-state index is 5.41. The van der Waals surface area contributed by atoms with Crippen molar-refractivity contribution in [1.82, 2.24) is 5.32 Å². The van der Waals surface area contributed by atoms with E-state index >= 15 is 0 Å². The van der Waals surface area contributed by atoms with Crippen LogP contribution in [0.25, 0.3) is 0 Å². The van der Waals surface area contributed by atoms with Crippen LogP contribution in [0.5, 0.6) is 0 Å². The Labute approximate surface area is 115 Å². The van der Waals surface area contributed by atoms with Crippen molar-refractivity contribution in [1.29, 1.82) is 0 Å². The highest BCUT2D eigenvalue weighted by Gasteiger charge is 2.31. The molecule has 104 valence electrons. The van der Waals surface area contributed by atoms with Crippen molar-refractivity contribution in [3.8, 4) is 0 Å². The Bertz CT molecular complexity index is 450. The summed E-state index contributed by atoms with van der Waals surface area (Å²) in [6, 6.07) is 7.23. The molecule has 0 bridgehead atoms. The van der Waals surface area contributed by atoms with Crippen molar-refractivity contribution in [2.24, 2.45) is 0 Å². The van der Waals surface area contributed by atoms with Gasteiger partial charge in [0.1, 0.15) is 0 Å². The average molecular weight is 260 g/mol. The Morgan fingerprint density at radius 3 is 2.89 bits per heavy atom. The van der Waals surface area contributed by atoms with Crippen LogP contribution in [0.1, 0.15) is 37.8 Å². The highest BCUT2D eigenvalue weighted by Crippen LogP contribution is 2.38. The Morgan fingerprint density at radius 1 is 1.32 bits per heavy atom. The van der Waals surface area contributed by atoms with E-state index in [2.05, 4.69) is 42.7 Å². The maximum Gasteiger partial charge on any atom is 0.0480 e. The van der Waals surface area contributed by atoms with Gasteiger partial charge in [-0.15, -0.1) is 0 Å². The van der Waals surface area contributed by atoms with Crippen LogP contribution in [0, 0.1) is 0 Å². The minimum atomic E-state index is 0.239. The standard InChI is InChI=1S/C16H24N2O/c1-16(2)11-18-14-5-3-4-12(15(14)16)10-17-13-6-8-19-9-7-13/h3-5,13,17-18H,6-11H2,1-2H3. The van der Waals surface area contributed by atoms with Crippen LogP contribution in [0.4, 0.5) is 5.69 Å². The van der Waals surface area contributed by atoms with Crippen LogP contribution in [-0.4, -0.2) is 25.8 Å². The fraction of sp³-hybridized carbons (Fsp3) is 0.625. The third-order valence-corrected chi connectivity index (χ3v) is 4.35. The van der Waals surface area contributed by atoms with Gasteiger partial charge in [-0.1, -0.05) is 26.0 Å². The molecular weight excluding hydrogens is 236 g/mol. The minimum Gasteiger partial charge on any atom is -0.384 e. The Balaban J connectivity index is 1.73. The number of ether oxygens (including phenoxy) is 1. The second-order valence-corrected chi connectivity index (χ2v) is 6.34. The molecule has 2 N–H and O–H groups in total. The van der Waals surface area contributed by atoms with Gasteiger partial charge in [0.15, 0.2) is 0 Å². The number of rotatable bonds is 3. The summed E-state index contributed by atoms with van der Waals surface area (Å²) in [6.07, 6.45) is 2.27. The fourth-order valence-electron chi connectivity index (χ4n) is 3.25. The molecule has 1 saturated heterocycles. The lowest BCUT2D eigenvalue weighted by molar-refractivity contribution is 0.0776. The first-order chi connectivity index (χ1) is 9.17. The molecule has 0 radical (unpaired) electrons. The zero-order valence-corrected chi connectivity index (χ0v) is 12.0. The summed E-state index contributed by atoms with van der Waals surface area (Å²) in [5, 5.41) is 7.22. The van der Waals surface area contributed by atoms with Crippen molar-refractivity contribution in [3.63, 3.8) is 0 Å². The topological polar surface area (TPSA) is 33.3 Å². The van der Waals surface area contributed by atoms with Crippen LogP contribution < -0.4 is 10.6 Å². The molecule has 1 fully saturated rings. The number of benzene rings is 1. The zero-order chi connectivity index (χ0) is 13.3. The highest BCUT2D eigenvalue weighted by molar-refractivity contribution is 5.62. The predicted molar refractivity (Wildman–Crippen MR) is 78.6 cm³/mol. The van der Waals surface area contributed by atoms with Gasteiger partial charge in [0.25, 0.3) is 0 Å². The van der Waals surface area contributed by atoms with E-state index in [0.29, 0.717) is 6.04 Å². The molecule has 0 spiro atoms. The fourth-order valence-corrected chi connectivity index (χ4v) is 3.25. The smallest absolute Gasteiger partial charge is 0.0480 e. The molecule has 0 saturated carbocycles. The molecule has 19 heavy (non-hydrogen) atoms. The lowest BCUT2D eigenvalue weighted by Crippen LogP contribution is -2.35. The van der Waals surface area contributed by atoms with E-state index in [9.17, 15) is 0 Å². The summed E-state index contributed by atoms with van der Waals surface area (Å²) in [5.74, 6) is 0. The quantitative estimate of drug-likeness (QED) is 0.876. The zero-order valence-electron chi connectivity index (χ0n) is 12.0. The van der Waals surface area contributed by atoms with Crippen LogP contribution >= 0.6 is 0 Å². The average Bonchev–Trinajstić information content (AvgIpc) is 2.74. The van der Waals surface area contributed by atoms with Gasteiger partial charge in [0.2, 0.25) is 0 Å². The van der Waals surface area contributed by atoms with E-state index in [-0.39, 0.29) is 5.41 Å². The molecule has 0 aromatic heterocycles. The van der Waals surface area contributed by atoms with E-state index in [1.165, 1.54) is 16.8 Å². The van der Waals surface area contributed by atoms with Crippen molar-refractivity contribution < 1.29 is 4.74 Å². The van der Waals surface area contributed by atoms with Gasteiger partial charge >= 0.3 is 0 Å². The molecule has 3 nitrogen and oxygen atoms in total. The van der Waals surface area contributed by atoms with Gasteiger partial charge in [-0.2, -0.15) is 0 Å². The van der Waals surface area contributed by atoms with Crippen LogP contribution in [0.3, 0.4) is 0 Å². The number of anilines is 1. The van der Waals surface area contributed by atoms with Crippen molar-refractivity contribution in [2.75, 3.05) is 25.1 Å². The second kappa shape index (κ2) is 5.14. The van der Waals surface area contributed by atoms with Crippen molar-refractivity contribution in [3.05, 3.63) is 29.3 Å². The first-order valence-electron chi connectivity index (χ1n) is 7.34. The Morgan fingerprint density at radius 2 is 2.11 bits per heavy atom. The molecule has 3 rings (SSSR count). The minimum absolute atomic E-state index is 0.239. The van der Waals surface area contributed by atoms with Gasteiger partial charge in [-0.25, -0.2) is 0 Å². The predicted octanol–water partition coefficient (Wildman–Crippen LogP) is 2.66. The molecule has 0 atom stereocenters. The van der Waals surface area contributed by atoms with Gasteiger partial charge in [-0.3, -0.25) is 0 Å². The molecule has 2 heterocycles. The second-order valence-electron chi connectivity index (χ2n) is 6.34. The molecule has 0 unspecified atom stereocenters. The summed E-state index contributed by atoms with van der Waals surface area (Å²) < 4.78 is 5.41. The largest absolute Gasteiger partial charge is 0.384 e. The number of hydrogen-bond acceptors (Lipinski definition) is 3. The van der Waals surface area contributed by atoms with Crippen LogP contribution in [0.15, 0.2) is 18.2 Å². The summed E-state index contributed by atoms with van der Waals surface area (Å²) in [7, 11) is 0. The van der Waals surface area contributed by atoms with Gasteiger partial charge in [0, 0.05) is 43.4 Å². The summed E-state index contributed by atoms with van der Waals surface area (Å²) in [5.41, 5.74) is 4.49. The first-order valence-corrected chi connectivity index (χ1v) is 7.34. The number of hydrogen-bond donors (Lipinski definition) is 2. The monoisotopic (exact) mass is 260 g/mol. The molecule has 3 heteroatoms. The molecule has 2 aliphatic heterocycles. The molecule has 2 aliphatic rings. The number of fused-ring (bicyclic) bond motifs is 1. The van der Waals surface area contributed by atoms with E-state index < -0.39 is 0 Å². The van der Waals surface area contributed by atoms with Crippen molar-refractivity contribution >= 4 is 5.69 Å². The highest BCUT2D eigenvalue weighted by atomic mass is 16.5. The van der Waals surface area contributed by atoms with E-state index in [0.717, 1.165) is 39.1 Å². The summed E-state index contributed by atoms with van der Waals surface area (Å²) in [4.78, 5) is 0. The van der Waals surface area contributed by atoms with E-state index in [1.54, 1.807) is 0 Å². The summed E-state index contributed by atoms with van der Waals surface area (Å²) >= 11 is 0. The number of nitrogens with one attached hydrogen (secondary N) is 2. The molecule has 0 amide bonds. The third kappa shape index (κ3) is 2.63. The Kier molecular flexibility index (Phi) is 3.50. The molecule has 1 aromatic rings. The van der Waals surface area contributed by atoms with E-state index in [4.69, 9.17) is 4.74 Å². The first kappa shape index (κ1) is 12.9. The third-order valence-electron chi connectivity index (χ3n) is 4.35. The van der Waals surface area contributed by atoms with Crippen molar-refractivity contribution in [2.45, 2.75) is 44.7 Å². The van der Waals surface area contributed by atoms with Gasteiger partial charge < -0.3 is 15.4 Å². The SMILES string of the molecule is CC1(C)CNc2cccc(CNC3CCOCC3)c21. The maximum absolute atomic E-state index is 5.41. The summed E-state index contributed by atoms with van der Waals surface area (Å²) in [6.45, 7) is 8.46. The lowest BCUT2D eigenvalue weighted by Gasteiger charge is -2.25. The Hall–Kier alpha value is -1.06. The van der Waals surface area contributed by atoms with E-state index in [1.807, 2.05) is 0 Å². The lowest BCUT2D eigenvalue weighted by atomic mass is 9.83. The van der Waals surface area contributed by atoms with Crippen LogP contribution in [-0.2, 0) is 16.7 Å². The molecule has 0 aliphatic carbocycles. The van der Waals surface area contributed by atoms with Gasteiger partial charge in [-0.05, 0) is 30.0 Å². The van der Waals surface area contributed by atoms with Gasteiger partial charge in [0.05, 0.1) is 0 Å². The molecular formula is C16H24N2O.